The minimum Gasteiger partial charge on any atom is -0.375 e. The predicted molar refractivity (Wildman–Crippen MR) is 98.4 cm³/mol. The Balaban J connectivity index is 1.88. The minimum absolute atomic E-state index is 0.0744. The number of amides is 2. The zero-order valence-electron chi connectivity index (χ0n) is 15.2. The van der Waals surface area contributed by atoms with E-state index < -0.39 is 23.2 Å². The summed E-state index contributed by atoms with van der Waals surface area (Å²) in [5.41, 5.74) is 0.430. The number of fused-ring (bicyclic) bond motifs is 1. The van der Waals surface area contributed by atoms with Crippen molar-refractivity contribution < 1.29 is 27.5 Å². The third-order valence-electron chi connectivity index (χ3n) is 4.51. The lowest BCUT2D eigenvalue weighted by atomic mass is 10.0. The van der Waals surface area contributed by atoms with E-state index in [0.29, 0.717) is 17.9 Å². The number of hydrogen-bond acceptors (Lipinski definition) is 3. The molecule has 0 aromatic heterocycles. The second-order valence-corrected chi connectivity index (χ2v) is 6.42. The number of nitrogens with one attached hydrogen (secondary N) is 1. The predicted octanol–water partition coefficient (Wildman–Crippen LogP) is 3.88. The molecule has 5 nitrogen and oxygen atoms in total. The highest BCUT2D eigenvalue weighted by Gasteiger charge is 2.35. The molecule has 0 unspecified atom stereocenters. The van der Waals surface area contributed by atoms with Crippen LogP contribution < -0.4 is 10.2 Å². The van der Waals surface area contributed by atoms with Crippen molar-refractivity contribution in [2.75, 3.05) is 30.5 Å². The van der Waals surface area contributed by atoms with Crippen LogP contribution in [0.5, 0.6) is 0 Å². The van der Waals surface area contributed by atoms with Crippen molar-refractivity contribution in [3.8, 4) is 0 Å². The summed E-state index contributed by atoms with van der Waals surface area (Å²) in [6.45, 7) is 0.443. The monoisotopic (exact) mass is 392 g/mol. The second-order valence-electron chi connectivity index (χ2n) is 6.42. The molecule has 148 valence electrons. The lowest BCUT2D eigenvalue weighted by Gasteiger charge is -2.30. The van der Waals surface area contributed by atoms with Crippen molar-refractivity contribution in [3.63, 3.8) is 0 Å². The summed E-state index contributed by atoms with van der Waals surface area (Å²) in [5.74, 6) is -1.08. The lowest BCUT2D eigenvalue weighted by molar-refractivity contribution is -0.137. The fourth-order valence-corrected chi connectivity index (χ4v) is 3.24. The van der Waals surface area contributed by atoms with Crippen LogP contribution in [0.4, 0.5) is 24.5 Å². The molecule has 1 N–H and O–H groups in total. The van der Waals surface area contributed by atoms with Crippen LogP contribution in [0.2, 0.25) is 0 Å². The minimum atomic E-state index is -4.63. The van der Waals surface area contributed by atoms with Gasteiger partial charge in [-0.05, 0) is 42.7 Å². The Morgan fingerprint density at radius 3 is 2.64 bits per heavy atom. The highest BCUT2D eigenvalue weighted by Crippen LogP contribution is 2.33. The largest absolute Gasteiger partial charge is 0.417 e. The van der Waals surface area contributed by atoms with Crippen LogP contribution in [0, 0.1) is 0 Å². The summed E-state index contributed by atoms with van der Waals surface area (Å²) in [7, 11) is 1.43. The van der Waals surface area contributed by atoms with E-state index in [1.165, 1.54) is 19.2 Å². The number of carbonyl (C=O) groups is 2. The van der Waals surface area contributed by atoms with Gasteiger partial charge in [0, 0.05) is 25.0 Å². The topological polar surface area (TPSA) is 58.6 Å². The van der Waals surface area contributed by atoms with Crippen LogP contribution in [0.15, 0.2) is 42.5 Å². The van der Waals surface area contributed by atoms with Crippen molar-refractivity contribution in [1.29, 1.82) is 0 Å². The van der Waals surface area contributed by atoms with Gasteiger partial charge < -0.3 is 15.0 Å². The summed E-state index contributed by atoms with van der Waals surface area (Å²) in [6.07, 6.45) is -3.06. The number of benzene rings is 2. The van der Waals surface area contributed by atoms with Crippen molar-refractivity contribution >= 4 is 23.2 Å². The first-order chi connectivity index (χ1) is 13.3. The lowest BCUT2D eigenvalue weighted by Crippen LogP contribution is -2.37. The molecule has 28 heavy (non-hydrogen) atoms. The maximum Gasteiger partial charge on any atom is 0.417 e. The molecule has 0 atom stereocenters. The van der Waals surface area contributed by atoms with Crippen LogP contribution >= 0.6 is 0 Å². The third-order valence-corrected chi connectivity index (χ3v) is 4.51. The molecule has 1 aliphatic rings. The molecule has 2 aromatic rings. The number of methoxy groups -OCH3 is 1. The van der Waals surface area contributed by atoms with E-state index >= 15 is 0 Å². The van der Waals surface area contributed by atoms with Gasteiger partial charge in [-0.1, -0.05) is 18.2 Å². The third kappa shape index (κ3) is 4.17. The number of ether oxygens (including phenoxy) is 1. The second kappa shape index (κ2) is 8.02. The molecule has 1 aliphatic heterocycles. The molecule has 0 spiro atoms. The molecule has 0 fully saturated rings. The zero-order chi connectivity index (χ0) is 20.3. The Morgan fingerprint density at radius 2 is 1.93 bits per heavy atom. The molecular weight excluding hydrogens is 373 g/mol. The smallest absolute Gasteiger partial charge is 0.375 e. The average Bonchev–Trinajstić information content (AvgIpc) is 2.67. The van der Waals surface area contributed by atoms with E-state index in [2.05, 4.69) is 5.32 Å². The van der Waals surface area contributed by atoms with E-state index in [4.69, 9.17) is 4.74 Å². The van der Waals surface area contributed by atoms with Gasteiger partial charge in [-0.25, -0.2) is 0 Å². The van der Waals surface area contributed by atoms with E-state index in [1.54, 1.807) is 23.1 Å². The number of carbonyl (C=O) groups excluding carboxylic acids is 2. The number of anilines is 2. The van der Waals surface area contributed by atoms with Gasteiger partial charge in [0.1, 0.15) is 6.61 Å². The van der Waals surface area contributed by atoms with Gasteiger partial charge in [0.25, 0.3) is 11.8 Å². The molecule has 2 amide bonds. The number of rotatable bonds is 4. The van der Waals surface area contributed by atoms with Gasteiger partial charge in [-0.3, -0.25) is 9.59 Å². The van der Waals surface area contributed by atoms with E-state index in [9.17, 15) is 22.8 Å². The van der Waals surface area contributed by atoms with E-state index in [1.807, 2.05) is 0 Å². The van der Waals surface area contributed by atoms with Gasteiger partial charge in [-0.15, -0.1) is 0 Å². The van der Waals surface area contributed by atoms with Crippen LogP contribution in [-0.4, -0.2) is 32.1 Å². The maximum atomic E-state index is 13.1. The number of hydrogen-bond donors (Lipinski definition) is 1. The van der Waals surface area contributed by atoms with E-state index in [0.717, 1.165) is 30.5 Å². The summed E-state index contributed by atoms with van der Waals surface area (Å²) in [5, 5.41) is 2.50. The normalized spacial score (nSPS) is 13.8. The van der Waals surface area contributed by atoms with Crippen LogP contribution in [-0.2, 0) is 22.1 Å². The first-order valence-corrected chi connectivity index (χ1v) is 8.71. The first-order valence-electron chi connectivity index (χ1n) is 8.71. The number of nitrogens with zero attached hydrogens (tertiary/aromatic N) is 1. The first kappa shape index (κ1) is 19.9. The van der Waals surface area contributed by atoms with Gasteiger partial charge in [-0.2, -0.15) is 13.2 Å². The van der Waals surface area contributed by atoms with Crippen molar-refractivity contribution in [2.24, 2.45) is 0 Å². The average molecular weight is 392 g/mol. The van der Waals surface area contributed by atoms with Crippen molar-refractivity contribution in [2.45, 2.75) is 19.0 Å². The molecule has 0 radical (unpaired) electrons. The molecular formula is C20H19F3N2O3. The molecule has 1 heterocycles. The Hall–Kier alpha value is -2.87. The summed E-state index contributed by atoms with van der Waals surface area (Å²) < 4.78 is 44.3. The highest BCUT2D eigenvalue weighted by atomic mass is 19.4. The fourth-order valence-electron chi connectivity index (χ4n) is 3.24. The number of halogens is 3. The highest BCUT2D eigenvalue weighted by molar-refractivity contribution is 6.06. The summed E-state index contributed by atoms with van der Waals surface area (Å²) >= 11 is 0. The Morgan fingerprint density at radius 1 is 1.18 bits per heavy atom. The molecule has 0 bridgehead atoms. The SMILES string of the molecule is COCC(=O)N1CCCc2ccc(NC(=O)c3ccccc3C(F)(F)F)cc21. The van der Waals surface area contributed by atoms with Crippen LogP contribution in [0.1, 0.15) is 27.9 Å². The molecule has 3 rings (SSSR count). The zero-order valence-corrected chi connectivity index (χ0v) is 15.2. The van der Waals surface area contributed by atoms with Gasteiger partial charge in [0.15, 0.2) is 0 Å². The Labute approximate surface area is 160 Å². The van der Waals surface area contributed by atoms with Crippen LogP contribution in [0.3, 0.4) is 0 Å². The van der Waals surface area contributed by atoms with Gasteiger partial charge in [0.05, 0.1) is 11.1 Å². The Bertz CT molecular complexity index is 897. The van der Waals surface area contributed by atoms with Gasteiger partial charge in [0.2, 0.25) is 0 Å². The quantitative estimate of drug-likeness (QED) is 0.859. The standard InChI is InChI=1S/C20H19F3N2O3/c1-28-12-18(26)25-10-4-5-13-8-9-14(11-17(13)25)24-19(27)15-6-2-3-7-16(15)20(21,22)23/h2-3,6-9,11H,4-5,10,12H2,1H3,(H,24,27). The summed E-state index contributed by atoms with van der Waals surface area (Å²) in [6, 6.07) is 9.61. The van der Waals surface area contributed by atoms with E-state index in [-0.39, 0.29) is 12.5 Å². The molecule has 8 heteroatoms. The van der Waals surface area contributed by atoms with Crippen molar-refractivity contribution in [1.82, 2.24) is 0 Å². The molecule has 0 saturated heterocycles. The molecule has 0 saturated carbocycles. The molecule has 2 aromatic carbocycles. The number of aryl methyl sites for hydroxylation is 1. The Kier molecular flexibility index (Phi) is 5.69. The van der Waals surface area contributed by atoms with Crippen LogP contribution in [0.25, 0.3) is 0 Å². The molecule has 0 aliphatic carbocycles. The fraction of sp³-hybridized carbons (Fsp3) is 0.300. The summed E-state index contributed by atoms with van der Waals surface area (Å²) in [4.78, 5) is 26.3. The van der Waals surface area contributed by atoms with Gasteiger partial charge >= 0.3 is 6.18 Å². The number of alkyl halides is 3. The van der Waals surface area contributed by atoms with Crippen molar-refractivity contribution in [3.05, 3.63) is 59.2 Å². The maximum absolute atomic E-state index is 13.1.